The Balaban J connectivity index is 1.19. The van der Waals surface area contributed by atoms with E-state index in [1.54, 1.807) is 7.11 Å². The van der Waals surface area contributed by atoms with E-state index >= 15 is 0 Å². The smallest absolute Gasteiger partial charge is 0.222 e. The maximum absolute atomic E-state index is 11.3. The first-order valence-electron chi connectivity index (χ1n) is 11.3. The minimum absolute atomic E-state index is 0.0219. The first-order chi connectivity index (χ1) is 16.1. The number of likely N-dealkylation sites (tertiary alicyclic amines) is 1. The molecule has 0 saturated carbocycles. The first-order valence-corrected chi connectivity index (χ1v) is 11.3. The number of amides is 1. The molecule has 0 radical (unpaired) electrons. The Kier molecular flexibility index (Phi) is 7.57. The standard InChI is InChI=1S/C25H31N5O3/c1-32-22-6-2-18(3-7-22)20-16-27-25(28-17-20)29-21-4-8-23(9-5-21)33-15-14-30-12-10-19(11-13-30)24(26)31/h2-9,16,19-20H,10-15,17H2,1H3,(H2,26,31)(H,28,29). The lowest BCUT2D eigenvalue weighted by Gasteiger charge is -2.30. The topological polar surface area (TPSA) is 102 Å². The fourth-order valence-corrected chi connectivity index (χ4v) is 4.05. The molecule has 2 heterocycles. The van der Waals surface area contributed by atoms with E-state index in [0.717, 1.165) is 49.7 Å². The van der Waals surface area contributed by atoms with Gasteiger partial charge in [0.2, 0.25) is 11.9 Å². The molecule has 0 bridgehead atoms. The van der Waals surface area contributed by atoms with Crippen molar-refractivity contribution < 1.29 is 14.3 Å². The number of primary amides is 1. The number of carbonyl (C=O) groups is 1. The van der Waals surface area contributed by atoms with Gasteiger partial charge >= 0.3 is 0 Å². The number of anilines is 1. The Hall–Kier alpha value is -3.39. The van der Waals surface area contributed by atoms with Crippen molar-refractivity contribution in [2.45, 2.75) is 18.8 Å². The lowest BCUT2D eigenvalue weighted by Crippen LogP contribution is -2.40. The van der Waals surface area contributed by atoms with Gasteiger partial charge < -0.3 is 20.5 Å². The minimum Gasteiger partial charge on any atom is -0.497 e. The van der Waals surface area contributed by atoms with Gasteiger partial charge in [0.1, 0.15) is 18.1 Å². The van der Waals surface area contributed by atoms with E-state index in [-0.39, 0.29) is 17.7 Å². The van der Waals surface area contributed by atoms with Crippen molar-refractivity contribution in [1.82, 2.24) is 4.90 Å². The van der Waals surface area contributed by atoms with Gasteiger partial charge in [-0.05, 0) is 67.9 Å². The molecule has 1 fully saturated rings. The number of nitrogens with two attached hydrogens (primary N) is 1. The molecule has 1 saturated heterocycles. The summed E-state index contributed by atoms with van der Waals surface area (Å²) in [5.74, 6) is 2.28. The van der Waals surface area contributed by atoms with Crippen LogP contribution in [-0.4, -0.2) is 62.9 Å². The number of guanidine groups is 1. The number of hydrogen-bond donors (Lipinski definition) is 2. The highest BCUT2D eigenvalue weighted by Crippen LogP contribution is 2.22. The Morgan fingerprint density at radius 2 is 1.79 bits per heavy atom. The average Bonchev–Trinajstić information content (AvgIpc) is 2.86. The molecule has 2 aliphatic rings. The summed E-state index contributed by atoms with van der Waals surface area (Å²) >= 11 is 0. The molecular weight excluding hydrogens is 418 g/mol. The Bertz CT molecular complexity index is 980. The summed E-state index contributed by atoms with van der Waals surface area (Å²) in [5.41, 5.74) is 7.47. The van der Waals surface area contributed by atoms with Crippen LogP contribution in [0.2, 0.25) is 0 Å². The molecule has 8 heteroatoms. The number of carbonyl (C=O) groups excluding carboxylic acids is 1. The molecular formula is C25H31N5O3. The Morgan fingerprint density at radius 1 is 1.09 bits per heavy atom. The number of nitrogens with one attached hydrogen (secondary N) is 1. The number of hydrogen-bond acceptors (Lipinski definition) is 7. The third-order valence-corrected chi connectivity index (χ3v) is 6.14. The van der Waals surface area contributed by atoms with Crippen LogP contribution in [-0.2, 0) is 4.79 Å². The SMILES string of the molecule is COc1ccc(C2C=NC(Nc3ccc(OCCN4CCC(C(N)=O)CC4)cc3)=NC2)cc1. The van der Waals surface area contributed by atoms with Crippen molar-refractivity contribution in [3.63, 3.8) is 0 Å². The molecule has 1 unspecified atom stereocenters. The Morgan fingerprint density at radius 3 is 2.39 bits per heavy atom. The number of aliphatic imine (C=N–C) groups is 2. The van der Waals surface area contributed by atoms with Crippen LogP contribution in [0, 0.1) is 5.92 Å². The molecule has 174 valence electrons. The van der Waals surface area contributed by atoms with Gasteiger partial charge in [-0.1, -0.05) is 12.1 Å². The van der Waals surface area contributed by atoms with Crippen LogP contribution in [0.25, 0.3) is 0 Å². The quantitative estimate of drug-likeness (QED) is 0.645. The highest BCUT2D eigenvalue weighted by atomic mass is 16.5. The van der Waals surface area contributed by atoms with Crippen molar-refractivity contribution in [3.8, 4) is 11.5 Å². The molecule has 33 heavy (non-hydrogen) atoms. The van der Waals surface area contributed by atoms with E-state index in [1.165, 1.54) is 5.56 Å². The van der Waals surface area contributed by atoms with E-state index in [1.807, 2.05) is 54.7 Å². The van der Waals surface area contributed by atoms with Crippen LogP contribution >= 0.6 is 0 Å². The number of nitrogens with zero attached hydrogens (tertiary/aromatic N) is 3. The molecule has 2 aromatic carbocycles. The van der Waals surface area contributed by atoms with E-state index in [0.29, 0.717) is 19.1 Å². The molecule has 4 rings (SSSR count). The zero-order valence-electron chi connectivity index (χ0n) is 18.9. The third kappa shape index (κ3) is 6.32. The lowest BCUT2D eigenvalue weighted by molar-refractivity contribution is -0.123. The molecule has 0 aliphatic carbocycles. The van der Waals surface area contributed by atoms with E-state index in [9.17, 15) is 4.79 Å². The van der Waals surface area contributed by atoms with Gasteiger partial charge in [0.25, 0.3) is 0 Å². The molecule has 0 aromatic heterocycles. The second kappa shape index (κ2) is 11.0. The lowest BCUT2D eigenvalue weighted by atomic mass is 9.96. The highest BCUT2D eigenvalue weighted by molar-refractivity contribution is 6.00. The molecule has 2 aliphatic heterocycles. The van der Waals surface area contributed by atoms with Crippen molar-refractivity contribution in [1.29, 1.82) is 0 Å². The second-order valence-electron chi connectivity index (χ2n) is 8.34. The van der Waals surface area contributed by atoms with Gasteiger partial charge in [0.15, 0.2) is 0 Å². The summed E-state index contributed by atoms with van der Waals surface area (Å²) in [7, 11) is 1.66. The number of benzene rings is 2. The monoisotopic (exact) mass is 449 g/mol. The van der Waals surface area contributed by atoms with Gasteiger partial charge in [-0.2, -0.15) is 0 Å². The van der Waals surface area contributed by atoms with Crippen LogP contribution in [0.15, 0.2) is 58.5 Å². The number of piperidine rings is 1. The predicted molar refractivity (Wildman–Crippen MR) is 130 cm³/mol. The highest BCUT2D eigenvalue weighted by Gasteiger charge is 2.22. The fraction of sp³-hybridized carbons (Fsp3) is 0.400. The van der Waals surface area contributed by atoms with E-state index < -0.39 is 0 Å². The average molecular weight is 450 g/mol. The van der Waals surface area contributed by atoms with Crippen LogP contribution < -0.4 is 20.5 Å². The van der Waals surface area contributed by atoms with Crippen LogP contribution in [0.5, 0.6) is 11.5 Å². The van der Waals surface area contributed by atoms with Crippen LogP contribution in [0.4, 0.5) is 5.69 Å². The number of rotatable bonds is 8. The van der Waals surface area contributed by atoms with Gasteiger partial charge in [-0.25, -0.2) is 4.99 Å². The fourth-order valence-electron chi connectivity index (χ4n) is 4.05. The minimum atomic E-state index is -0.179. The maximum Gasteiger partial charge on any atom is 0.222 e. The molecule has 2 aromatic rings. The van der Waals surface area contributed by atoms with Gasteiger partial charge in [0, 0.05) is 30.3 Å². The van der Waals surface area contributed by atoms with Crippen molar-refractivity contribution >= 4 is 23.8 Å². The van der Waals surface area contributed by atoms with Crippen molar-refractivity contribution in [3.05, 3.63) is 54.1 Å². The van der Waals surface area contributed by atoms with Gasteiger partial charge in [-0.15, -0.1) is 0 Å². The first kappa shape index (κ1) is 22.8. The summed E-state index contributed by atoms with van der Waals surface area (Å²) in [6.45, 7) is 3.88. The summed E-state index contributed by atoms with van der Waals surface area (Å²) in [6, 6.07) is 15.8. The summed E-state index contributed by atoms with van der Waals surface area (Å²) < 4.78 is 11.1. The van der Waals surface area contributed by atoms with Crippen molar-refractivity contribution in [2.75, 3.05) is 45.2 Å². The number of methoxy groups -OCH3 is 1. The summed E-state index contributed by atoms with van der Waals surface area (Å²) in [4.78, 5) is 22.6. The number of ether oxygens (including phenoxy) is 2. The summed E-state index contributed by atoms with van der Waals surface area (Å²) in [6.07, 6.45) is 3.60. The third-order valence-electron chi connectivity index (χ3n) is 6.14. The zero-order valence-corrected chi connectivity index (χ0v) is 18.9. The predicted octanol–water partition coefficient (Wildman–Crippen LogP) is 2.91. The van der Waals surface area contributed by atoms with Gasteiger partial charge in [0.05, 0.1) is 13.7 Å². The maximum atomic E-state index is 11.3. The van der Waals surface area contributed by atoms with Gasteiger partial charge in [-0.3, -0.25) is 14.7 Å². The Labute approximate surface area is 194 Å². The zero-order chi connectivity index (χ0) is 23.0. The van der Waals surface area contributed by atoms with E-state index in [4.69, 9.17) is 15.2 Å². The molecule has 0 spiro atoms. The normalized spacial score (nSPS) is 19.1. The molecule has 3 N–H and O–H groups in total. The summed E-state index contributed by atoms with van der Waals surface area (Å²) in [5, 5.41) is 3.25. The molecule has 8 nitrogen and oxygen atoms in total. The van der Waals surface area contributed by atoms with Crippen LogP contribution in [0.1, 0.15) is 24.3 Å². The second-order valence-corrected chi connectivity index (χ2v) is 8.34. The van der Waals surface area contributed by atoms with Crippen molar-refractivity contribution in [2.24, 2.45) is 21.6 Å². The largest absolute Gasteiger partial charge is 0.497 e. The van der Waals surface area contributed by atoms with Crippen LogP contribution in [0.3, 0.4) is 0 Å². The molecule has 1 amide bonds. The van der Waals surface area contributed by atoms with E-state index in [2.05, 4.69) is 20.2 Å². The molecule has 1 atom stereocenters.